The van der Waals surface area contributed by atoms with Crippen LogP contribution in [0, 0.1) is 11.7 Å². The molecule has 0 radical (unpaired) electrons. The lowest BCUT2D eigenvalue weighted by atomic mass is 10.2. The average molecular weight is 350 g/mol. The van der Waals surface area contributed by atoms with Crippen molar-refractivity contribution in [3.8, 4) is 11.4 Å². The van der Waals surface area contributed by atoms with Gasteiger partial charge in [0, 0.05) is 16.7 Å². The van der Waals surface area contributed by atoms with Crippen LogP contribution in [0.1, 0.15) is 5.56 Å². The Hall–Kier alpha value is -1.66. The number of aromatic nitrogens is 3. The molecule has 0 amide bonds. The number of aromatic amines is 1. The largest absolute Gasteiger partial charge is 0.497 e. The molecule has 102 valence electrons. The Balaban J connectivity index is 2.35. The van der Waals surface area contributed by atoms with E-state index in [2.05, 4.69) is 25.9 Å². The smallest absolute Gasteiger partial charge is 0.184 e. The molecule has 0 spiro atoms. The number of methoxy groups -OCH3 is 1. The van der Waals surface area contributed by atoms with E-state index in [1.165, 1.54) is 0 Å². The van der Waals surface area contributed by atoms with Crippen molar-refractivity contribution >= 4 is 39.3 Å². The van der Waals surface area contributed by atoms with Crippen molar-refractivity contribution in [2.24, 2.45) is 0 Å². The summed E-state index contributed by atoms with van der Waals surface area (Å²) in [5.41, 5.74) is 3.79. The van der Waals surface area contributed by atoms with E-state index in [-0.39, 0.29) is 0 Å². The molecule has 1 N–H and O–H groups in total. The number of hydrogen-bond acceptors (Lipinski definition) is 3. The summed E-state index contributed by atoms with van der Waals surface area (Å²) in [6.07, 6.45) is 1.78. The van der Waals surface area contributed by atoms with Gasteiger partial charge in [0.05, 0.1) is 18.3 Å². The van der Waals surface area contributed by atoms with Crippen LogP contribution in [0.4, 0.5) is 0 Å². The minimum atomic E-state index is 0.613. The molecule has 3 rings (SSSR count). The minimum absolute atomic E-state index is 0.613. The maximum Gasteiger partial charge on any atom is 0.184 e. The molecule has 0 atom stereocenters. The Morgan fingerprint density at radius 1 is 1.35 bits per heavy atom. The summed E-state index contributed by atoms with van der Waals surface area (Å²) in [7, 11) is 1.64. The Kier molecular flexibility index (Phi) is 3.35. The van der Waals surface area contributed by atoms with Gasteiger partial charge in [-0.2, -0.15) is 0 Å². The highest BCUT2D eigenvalue weighted by atomic mass is 79.9. The van der Waals surface area contributed by atoms with Crippen molar-refractivity contribution in [1.29, 1.82) is 0 Å². The number of benzene rings is 1. The standard InChI is InChI=1S/C14H12BrN3OS/c1-8-3-4-16-13-12(8)17-14(20)18(13)10-5-9(15)6-11(7-10)19-2/h3-7H,1-2H3,(H,17,20). The van der Waals surface area contributed by atoms with Crippen molar-refractivity contribution in [2.45, 2.75) is 6.92 Å². The first-order valence-electron chi connectivity index (χ1n) is 6.01. The molecular formula is C14H12BrN3OS. The molecule has 6 heteroatoms. The molecule has 20 heavy (non-hydrogen) atoms. The van der Waals surface area contributed by atoms with Crippen molar-refractivity contribution in [3.63, 3.8) is 0 Å². The lowest BCUT2D eigenvalue weighted by molar-refractivity contribution is 0.414. The first kappa shape index (κ1) is 13.3. The minimum Gasteiger partial charge on any atom is -0.497 e. The van der Waals surface area contributed by atoms with Gasteiger partial charge in [-0.3, -0.25) is 4.57 Å². The number of ether oxygens (including phenoxy) is 1. The second-order valence-electron chi connectivity index (χ2n) is 4.44. The SMILES string of the molecule is COc1cc(Br)cc(-n2c(=S)[nH]c3c(C)ccnc32)c1. The molecule has 4 nitrogen and oxygen atoms in total. The number of rotatable bonds is 2. The van der Waals surface area contributed by atoms with Crippen LogP contribution in [-0.4, -0.2) is 21.6 Å². The third kappa shape index (κ3) is 2.14. The summed E-state index contributed by atoms with van der Waals surface area (Å²) in [5.74, 6) is 0.762. The van der Waals surface area contributed by atoms with Crippen LogP contribution in [-0.2, 0) is 0 Å². The zero-order valence-corrected chi connectivity index (χ0v) is 13.4. The lowest BCUT2D eigenvalue weighted by Gasteiger charge is -2.08. The van der Waals surface area contributed by atoms with Crippen LogP contribution in [0.25, 0.3) is 16.9 Å². The second-order valence-corrected chi connectivity index (χ2v) is 5.74. The quantitative estimate of drug-likeness (QED) is 0.706. The topological polar surface area (TPSA) is 42.8 Å². The number of hydrogen-bond donors (Lipinski definition) is 1. The molecule has 0 aliphatic carbocycles. The second kappa shape index (κ2) is 5.03. The van der Waals surface area contributed by atoms with E-state index in [1.807, 2.05) is 35.8 Å². The van der Waals surface area contributed by atoms with Crippen molar-refractivity contribution in [1.82, 2.24) is 14.5 Å². The first-order chi connectivity index (χ1) is 9.60. The summed E-state index contributed by atoms with van der Waals surface area (Å²) in [4.78, 5) is 7.64. The van der Waals surface area contributed by atoms with Gasteiger partial charge in [0.1, 0.15) is 5.75 Å². The van der Waals surface area contributed by atoms with Gasteiger partial charge in [-0.1, -0.05) is 15.9 Å². The van der Waals surface area contributed by atoms with Crippen LogP contribution in [0.2, 0.25) is 0 Å². The summed E-state index contributed by atoms with van der Waals surface area (Å²) in [6.45, 7) is 2.03. The summed E-state index contributed by atoms with van der Waals surface area (Å²) in [5, 5.41) is 0. The fourth-order valence-electron chi connectivity index (χ4n) is 2.16. The summed E-state index contributed by atoms with van der Waals surface area (Å²) in [6, 6.07) is 7.77. The normalized spacial score (nSPS) is 10.9. The molecule has 2 heterocycles. The molecule has 3 aromatic rings. The number of imidazole rings is 1. The van der Waals surface area contributed by atoms with Crippen molar-refractivity contribution in [3.05, 3.63) is 45.3 Å². The zero-order valence-electron chi connectivity index (χ0n) is 11.0. The van der Waals surface area contributed by atoms with Crippen molar-refractivity contribution in [2.75, 3.05) is 7.11 Å². The predicted molar refractivity (Wildman–Crippen MR) is 85.2 cm³/mol. The molecule has 0 saturated heterocycles. The Morgan fingerprint density at radius 2 is 2.15 bits per heavy atom. The Morgan fingerprint density at radius 3 is 2.90 bits per heavy atom. The zero-order chi connectivity index (χ0) is 14.3. The fraction of sp³-hybridized carbons (Fsp3) is 0.143. The van der Waals surface area contributed by atoms with E-state index < -0.39 is 0 Å². The highest BCUT2D eigenvalue weighted by molar-refractivity contribution is 9.10. The fourth-order valence-corrected chi connectivity index (χ4v) is 2.92. The van der Waals surface area contributed by atoms with Gasteiger partial charge in [-0.05, 0) is 42.9 Å². The number of aryl methyl sites for hydroxylation is 1. The van der Waals surface area contributed by atoms with Crippen LogP contribution in [0.5, 0.6) is 5.75 Å². The van der Waals surface area contributed by atoms with Crippen LogP contribution in [0.15, 0.2) is 34.9 Å². The highest BCUT2D eigenvalue weighted by Crippen LogP contribution is 2.26. The third-order valence-corrected chi connectivity index (χ3v) is 3.88. The molecule has 0 aliphatic rings. The highest BCUT2D eigenvalue weighted by Gasteiger charge is 2.11. The number of halogens is 1. The van der Waals surface area contributed by atoms with Crippen molar-refractivity contribution < 1.29 is 4.74 Å². The summed E-state index contributed by atoms with van der Waals surface area (Å²) >= 11 is 8.91. The number of H-pyrrole nitrogens is 1. The molecule has 2 aromatic heterocycles. The van der Waals surface area contributed by atoms with Gasteiger partial charge in [0.2, 0.25) is 0 Å². The van der Waals surface area contributed by atoms with E-state index in [9.17, 15) is 0 Å². The molecule has 0 bridgehead atoms. The van der Waals surface area contributed by atoms with Gasteiger partial charge < -0.3 is 9.72 Å². The predicted octanol–water partition coefficient (Wildman–Crippen LogP) is 4.16. The maximum atomic E-state index is 5.43. The Bertz CT molecular complexity index is 853. The van der Waals surface area contributed by atoms with Gasteiger partial charge in [-0.25, -0.2) is 4.98 Å². The monoisotopic (exact) mass is 349 g/mol. The number of nitrogens with zero attached hydrogens (tertiary/aromatic N) is 2. The third-order valence-electron chi connectivity index (χ3n) is 3.14. The summed E-state index contributed by atoms with van der Waals surface area (Å²) < 4.78 is 8.75. The molecule has 0 fully saturated rings. The molecule has 0 aliphatic heterocycles. The number of nitrogens with one attached hydrogen (secondary N) is 1. The van der Waals surface area contributed by atoms with E-state index in [1.54, 1.807) is 13.3 Å². The maximum absolute atomic E-state index is 5.43. The lowest BCUT2D eigenvalue weighted by Crippen LogP contribution is -1.97. The molecular weight excluding hydrogens is 338 g/mol. The van der Waals surface area contributed by atoms with Gasteiger partial charge in [-0.15, -0.1) is 0 Å². The van der Waals surface area contributed by atoms with Gasteiger partial charge in [0.25, 0.3) is 0 Å². The van der Waals surface area contributed by atoms with Crippen LogP contribution < -0.4 is 4.74 Å². The average Bonchev–Trinajstić information content (AvgIpc) is 2.76. The Labute approximate surface area is 129 Å². The molecule has 0 unspecified atom stereocenters. The van der Waals surface area contributed by atoms with Gasteiger partial charge in [0.15, 0.2) is 10.4 Å². The van der Waals surface area contributed by atoms with Gasteiger partial charge >= 0.3 is 0 Å². The molecule has 1 aromatic carbocycles. The van der Waals surface area contributed by atoms with Crippen LogP contribution in [0.3, 0.4) is 0 Å². The van der Waals surface area contributed by atoms with E-state index >= 15 is 0 Å². The first-order valence-corrected chi connectivity index (χ1v) is 7.21. The molecule has 0 saturated carbocycles. The number of fused-ring (bicyclic) bond motifs is 1. The van der Waals surface area contributed by atoms with Crippen LogP contribution >= 0.6 is 28.1 Å². The van der Waals surface area contributed by atoms with E-state index in [0.717, 1.165) is 32.6 Å². The van der Waals surface area contributed by atoms with E-state index in [0.29, 0.717) is 4.77 Å². The number of pyridine rings is 1. The van der Waals surface area contributed by atoms with E-state index in [4.69, 9.17) is 17.0 Å².